The molecule has 2 saturated heterocycles. The highest BCUT2D eigenvalue weighted by Crippen LogP contribution is 2.25. The maximum Gasteiger partial charge on any atom is 0.237 e. The van der Waals surface area contributed by atoms with Crippen LogP contribution in [0, 0.1) is 11.3 Å². The summed E-state index contributed by atoms with van der Waals surface area (Å²) < 4.78 is 0. The average molecular weight is 364 g/mol. The number of benzene rings is 1. The number of pyridine rings is 1. The number of nitrogens with two attached hydrogens (primary N) is 1. The van der Waals surface area contributed by atoms with Gasteiger partial charge in [0.15, 0.2) is 0 Å². The van der Waals surface area contributed by atoms with Gasteiger partial charge in [0.25, 0.3) is 0 Å². The van der Waals surface area contributed by atoms with E-state index in [0.717, 1.165) is 55.5 Å². The van der Waals surface area contributed by atoms with Gasteiger partial charge in [-0.1, -0.05) is 6.07 Å². The van der Waals surface area contributed by atoms with Crippen LogP contribution in [0.15, 0.2) is 30.3 Å². The number of likely N-dealkylation sites (tertiary alicyclic amines) is 2. The van der Waals surface area contributed by atoms with E-state index in [2.05, 4.69) is 21.3 Å². The molecule has 2 aromatic rings. The van der Waals surface area contributed by atoms with Gasteiger partial charge in [-0.15, -0.1) is 0 Å². The summed E-state index contributed by atoms with van der Waals surface area (Å²) >= 11 is 0. The van der Waals surface area contributed by atoms with E-state index in [9.17, 15) is 4.79 Å². The van der Waals surface area contributed by atoms with Gasteiger partial charge in [-0.2, -0.15) is 5.26 Å². The number of carbonyl (C=O) groups excluding carboxylic acids is 1. The number of nitrogens with zero attached hydrogens (tertiary/aromatic N) is 4. The maximum atomic E-state index is 12.5. The molecule has 1 aromatic carbocycles. The fourth-order valence-corrected chi connectivity index (χ4v) is 4.04. The molecular weight excluding hydrogens is 340 g/mol. The van der Waals surface area contributed by atoms with E-state index in [1.807, 2.05) is 29.2 Å². The van der Waals surface area contributed by atoms with Gasteiger partial charge in [-0.3, -0.25) is 9.69 Å². The van der Waals surface area contributed by atoms with Gasteiger partial charge in [0.2, 0.25) is 5.91 Å². The van der Waals surface area contributed by atoms with Crippen molar-refractivity contribution in [3.8, 4) is 6.07 Å². The van der Waals surface area contributed by atoms with Gasteiger partial charge in [0.1, 0.15) is 11.8 Å². The second kappa shape index (κ2) is 7.51. The summed E-state index contributed by atoms with van der Waals surface area (Å²) in [5, 5.41) is 13.6. The molecule has 2 atom stereocenters. The van der Waals surface area contributed by atoms with Gasteiger partial charge in [0, 0.05) is 36.7 Å². The first-order chi connectivity index (χ1) is 13.1. The van der Waals surface area contributed by atoms with E-state index in [4.69, 9.17) is 11.0 Å². The minimum Gasteiger partial charge on any atom is -0.380 e. The van der Waals surface area contributed by atoms with Crippen molar-refractivity contribution in [1.82, 2.24) is 14.8 Å². The first kappa shape index (κ1) is 17.7. The third kappa shape index (κ3) is 3.72. The van der Waals surface area contributed by atoms with Crippen molar-refractivity contribution in [1.29, 1.82) is 5.26 Å². The Labute approximate surface area is 158 Å². The van der Waals surface area contributed by atoms with Gasteiger partial charge in [-0.25, -0.2) is 4.98 Å². The van der Waals surface area contributed by atoms with Gasteiger partial charge < -0.3 is 16.0 Å². The number of rotatable bonds is 4. The van der Waals surface area contributed by atoms with Crippen LogP contribution in [0.1, 0.15) is 25.0 Å². The second-order valence-corrected chi connectivity index (χ2v) is 7.34. The molecule has 2 aliphatic rings. The molecule has 1 amide bonds. The van der Waals surface area contributed by atoms with Crippen LogP contribution in [0.2, 0.25) is 0 Å². The molecule has 0 radical (unpaired) electrons. The number of carbonyl (C=O) groups is 1. The molecule has 3 heterocycles. The molecule has 140 valence electrons. The zero-order valence-corrected chi connectivity index (χ0v) is 15.3. The summed E-state index contributed by atoms with van der Waals surface area (Å²) in [6, 6.07) is 11.9. The molecule has 0 unspecified atom stereocenters. The molecule has 0 saturated carbocycles. The monoisotopic (exact) mass is 364 g/mol. The number of nitriles is 1. The summed E-state index contributed by atoms with van der Waals surface area (Å²) in [6.07, 6.45) is 2.77. The van der Waals surface area contributed by atoms with Crippen molar-refractivity contribution in [3.05, 3.63) is 36.0 Å². The third-order valence-electron chi connectivity index (χ3n) is 5.46. The van der Waals surface area contributed by atoms with Crippen LogP contribution < -0.4 is 11.1 Å². The summed E-state index contributed by atoms with van der Waals surface area (Å²) in [5.74, 6) is 0.138. The molecule has 2 fully saturated rings. The normalized spacial score (nSPS) is 22.9. The first-order valence-electron chi connectivity index (χ1n) is 9.48. The molecule has 7 nitrogen and oxygen atoms in total. The molecule has 0 spiro atoms. The number of hydrogen-bond donors (Lipinski definition) is 2. The van der Waals surface area contributed by atoms with Crippen LogP contribution in [0.25, 0.3) is 10.9 Å². The zero-order chi connectivity index (χ0) is 18.8. The number of hydrogen-bond acceptors (Lipinski definition) is 6. The predicted octanol–water partition coefficient (Wildman–Crippen LogP) is 1.50. The molecule has 2 aliphatic heterocycles. The van der Waals surface area contributed by atoms with Crippen LogP contribution in [-0.2, 0) is 4.79 Å². The Morgan fingerprint density at radius 1 is 1.30 bits per heavy atom. The lowest BCUT2D eigenvalue weighted by molar-refractivity contribution is -0.132. The molecule has 4 rings (SSSR count). The highest BCUT2D eigenvalue weighted by molar-refractivity contribution is 5.91. The lowest BCUT2D eigenvalue weighted by atomic mass is 10.1. The number of fused-ring (bicyclic) bond motifs is 1. The molecule has 3 N–H and O–H groups in total. The number of nitrogens with one attached hydrogen (secondary N) is 1. The lowest BCUT2D eigenvalue weighted by Crippen LogP contribution is -2.45. The van der Waals surface area contributed by atoms with Crippen molar-refractivity contribution >= 4 is 22.5 Å². The van der Waals surface area contributed by atoms with E-state index >= 15 is 0 Å². The molecule has 0 aliphatic carbocycles. The van der Waals surface area contributed by atoms with E-state index in [-0.39, 0.29) is 18.1 Å². The van der Waals surface area contributed by atoms with E-state index in [1.165, 1.54) is 0 Å². The third-order valence-corrected chi connectivity index (χ3v) is 5.46. The molecule has 1 aromatic heterocycles. The Balaban J connectivity index is 1.39. The molecule has 0 bridgehead atoms. The van der Waals surface area contributed by atoms with Crippen molar-refractivity contribution < 1.29 is 4.79 Å². The van der Waals surface area contributed by atoms with Gasteiger partial charge >= 0.3 is 0 Å². The first-order valence-corrected chi connectivity index (χ1v) is 9.48. The summed E-state index contributed by atoms with van der Waals surface area (Å²) in [7, 11) is 0. The fraction of sp³-hybridized carbons (Fsp3) is 0.450. The Morgan fingerprint density at radius 2 is 2.19 bits per heavy atom. The van der Waals surface area contributed by atoms with Crippen LogP contribution in [0.4, 0.5) is 5.69 Å². The minimum absolute atomic E-state index is 0.115. The lowest BCUT2D eigenvalue weighted by Gasteiger charge is -2.24. The standard InChI is InChI=1S/C20H24N6O/c21-11-14-6-7-16-17(23-14)3-1-4-18(16)24-15-8-10-25(12-15)13-20(27)26-9-2-5-19(26)22/h1,3-4,6-7,15,19,24H,2,5,8-10,12-13,22H2/t15-,19-/m0/s1. The SMILES string of the molecule is N#Cc1ccc2c(N[C@H]3CCN(CC(=O)N4CCC[C@H]4N)C3)cccc2n1. The Hall–Kier alpha value is -2.69. The maximum absolute atomic E-state index is 12.5. The summed E-state index contributed by atoms with van der Waals surface area (Å²) in [5.41, 5.74) is 8.26. The van der Waals surface area contributed by atoms with Crippen molar-refractivity contribution in [2.24, 2.45) is 5.73 Å². The molecule has 7 heteroatoms. The Kier molecular flexibility index (Phi) is 4.92. The smallest absolute Gasteiger partial charge is 0.237 e. The van der Waals surface area contributed by atoms with Crippen LogP contribution in [0.3, 0.4) is 0 Å². The van der Waals surface area contributed by atoms with Crippen molar-refractivity contribution in [2.75, 3.05) is 31.5 Å². The van der Waals surface area contributed by atoms with Gasteiger partial charge in [-0.05, 0) is 43.5 Å². The Bertz CT molecular complexity index is 892. The zero-order valence-electron chi connectivity index (χ0n) is 15.3. The second-order valence-electron chi connectivity index (χ2n) is 7.34. The Morgan fingerprint density at radius 3 is 2.96 bits per heavy atom. The van der Waals surface area contributed by atoms with Crippen LogP contribution in [0.5, 0.6) is 0 Å². The summed E-state index contributed by atoms with van der Waals surface area (Å²) in [6.45, 7) is 2.95. The van der Waals surface area contributed by atoms with E-state index in [1.54, 1.807) is 6.07 Å². The topological polar surface area (TPSA) is 98.3 Å². The van der Waals surface area contributed by atoms with E-state index in [0.29, 0.717) is 12.2 Å². The highest BCUT2D eigenvalue weighted by atomic mass is 16.2. The van der Waals surface area contributed by atoms with Gasteiger partial charge in [0.05, 0.1) is 18.2 Å². The molecule has 27 heavy (non-hydrogen) atoms. The highest BCUT2D eigenvalue weighted by Gasteiger charge is 2.29. The van der Waals surface area contributed by atoms with E-state index < -0.39 is 0 Å². The number of aromatic nitrogens is 1. The predicted molar refractivity (Wildman–Crippen MR) is 104 cm³/mol. The largest absolute Gasteiger partial charge is 0.380 e. The van der Waals surface area contributed by atoms with Crippen molar-refractivity contribution in [3.63, 3.8) is 0 Å². The summed E-state index contributed by atoms with van der Waals surface area (Å²) in [4.78, 5) is 20.8. The molecular formula is C20H24N6O. The number of amides is 1. The van der Waals surface area contributed by atoms with Crippen LogP contribution in [-0.4, -0.2) is 59.1 Å². The van der Waals surface area contributed by atoms with Crippen molar-refractivity contribution in [2.45, 2.75) is 31.5 Å². The number of anilines is 1. The average Bonchev–Trinajstić information content (AvgIpc) is 3.30. The fourth-order valence-electron chi connectivity index (χ4n) is 4.04. The van der Waals surface area contributed by atoms with Crippen LogP contribution >= 0.6 is 0 Å². The quantitative estimate of drug-likeness (QED) is 0.853. The minimum atomic E-state index is -0.115.